The van der Waals surface area contributed by atoms with E-state index in [1.807, 2.05) is 66.4 Å². The third kappa shape index (κ3) is 4.53. The van der Waals surface area contributed by atoms with Crippen molar-refractivity contribution in [3.63, 3.8) is 0 Å². The highest BCUT2D eigenvalue weighted by molar-refractivity contribution is 5.94. The molecule has 1 amide bonds. The van der Waals surface area contributed by atoms with E-state index in [-0.39, 0.29) is 11.9 Å². The Balaban J connectivity index is 1.78. The van der Waals surface area contributed by atoms with Crippen LogP contribution in [0.3, 0.4) is 0 Å². The zero-order valence-corrected chi connectivity index (χ0v) is 20.4. The number of rotatable bonds is 7. The van der Waals surface area contributed by atoms with Gasteiger partial charge in [-0.25, -0.2) is 0 Å². The summed E-state index contributed by atoms with van der Waals surface area (Å²) < 4.78 is 22.0. The molecule has 34 heavy (non-hydrogen) atoms. The zero-order chi connectivity index (χ0) is 24.2. The largest absolute Gasteiger partial charge is 0.493 e. The number of benzene rings is 3. The Morgan fingerprint density at radius 3 is 2.09 bits per heavy atom. The van der Waals surface area contributed by atoms with Crippen LogP contribution < -0.4 is 18.9 Å². The van der Waals surface area contributed by atoms with E-state index in [1.54, 1.807) is 28.4 Å². The lowest BCUT2D eigenvalue weighted by Gasteiger charge is -2.38. The predicted molar refractivity (Wildman–Crippen MR) is 131 cm³/mol. The van der Waals surface area contributed by atoms with Crippen LogP contribution in [0.4, 0.5) is 0 Å². The molecule has 0 fully saturated rings. The number of ether oxygens (including phenoxy) is 4. The fraction of sp³-hybridized carbons (Fsp3) is 0.321. The highest BCUT2D eigenvalue weighted by Crippen LogP contribution is 2.40. The Hall–Kier alpha value is -3.67. The van der Waals surface area contributed by atoms with Crippen LogP contribution in [-0.4, -0.2) is 45.8 Å². The molecule has 6 nitrogen and oxygen atoms in total. The normalized spacial score (nSPS) is 14.9. The van der Waals surface area contributed by atoms with Crippen molar-refractivity contribution < 1.29 is 23.7 Å². The third-order valence-electron chi connectivity index (χ3n) is 6.44. The smallest absolute Gasteiger partial charge is 0.254 e. The van der Waals surface area contributed by atoms with Crippen molar-refractivity contribution in [2.75, 3.05) is 35.0 Å². The number of fused-ring (bicyclic) bond motifs is 1. The average molecular weight is 462 g/mol. The number of carbonyl (C=O) groups is 1. The number of hydrogen-bond acceptors (Lipinski definition) is 5. The first kappa shape index (κ1) is 23.5. The van der Waals surface area contributed by atoms with Crippen LogP contribution in [0.1, 0.15) is 38.7 Å². The molecule has 0 saturated carbocycles. The van der Waals surface area contributed by atoms with E-state index in [2.05, 4.69) is 0 Å². The van der Waals surface area contributed by atoms with E-state index in [0.29, 0.717) is 41.5 Å². The fourth-order valence-corrected chi connectivity index (χ4v) is 4.58. The highest BCUT2D eigenvalue weighted by atomic mass is 16.5. The van der Waals surface area contributed by atoms with Crippen LogP contribution in [0.2, 0.25) is 0 Å². The molecule has 178 valence electrons. The summed E-state index contributed by atoms with van der Waals surface area (Å²) in [5.74, 6) is 2.72. The van der Waals surface area contributed by atoms with E-state index >= 15 is 0 Å². The first-order valence-electron chi connectivity index (χ1n) is 11.3. The van der Waals surface area contributed by atoms with Crippen LogP contribution in [-0.2, 0) is 12.8 Å². The van der Waals surface area contributed by atoms with Gasteiger partial charge in [-0.1, -0.05) is 23.8 Å². The number of nitrogens with zero attached hydrogens (tertiary/aromatic N) is 1. The molecule has 1 aliphatic heterocycles. The molecular formula is C28H31NO5. The summed E-state index contributed by atoms with van der Waals surface area (Å²) in [6.07, 6.45) is 1.37. The fourth-order valence-electron chi connectivity index (χ4n) is 4.58. The van der Waals surface area contributed by atoms with Gasteiger partial charge in [0.15, 0.2) is 23.0 Å². The van der Waals surface area contributed by atoms with Crippen molar-refractivity contribution in [1.29, 1.82) is 0 Å². The minimum Gasteiger partial charge on any atom is -0.493 e. The number of hydrogen-bond donors (Lipinski definition) is 0. The molecule has 0 aromatic heterocycles. The van der Waals surface area contributed by atoms with E-state index in [4.69, 9.17) is 18.9 Å². The molecule has 4 rings (SSSR count). The van der Waals surface area contributed by atoms with Crippen molar-refractivity contribution in [3.05, 3.63) is 82.4 Å². The Kier molecular flexibility index (Phi) is 6.96. The van der Waals surface area contributed by atoms with Gasteiger partial charge in [0, 0.05) is 12.1 Å². The van der Waals surface area contributed by atoms with Gasteiger partial charge in [-0.2, -0.15) is 0 Å². The van der Waals surface area contributed by atoms with Gasteiger partial charge in [0.1, 0.15) is 0 Å². The van der Waals surface area contributed by atoms with Crippen LogP contribution in [0.25, 0.3) is 0 Å². The SMILES string of the molecule is COc1ccc(C[C@H]2c3cc(OC)c(OC)cc3CCN2C(=O)c2ccc(C)cc2)cc1OC. The molecule has 0 bridgehead atoms. The zero-order valence-electron chi connectivity index (χ0n) is 20.4. The monoisotopic (exact) mass is 461 g/mol. The summed E-state index contributed by atoms with van der Waals surface area (Å²) in [4.78, 5) is 15.6. The van der Waals surface area contributed by atoms with Crippen LogP contribution >= 0.6 is 0 Å². The molecule has 3 aromatic carbocycles. The lowest BCUT2D eigenvalue weighted by Crippen LogP contribution is -2.41. The molecule has 1 atom stereocenters. The maximum atomic E-state index is 13.6. The van der Waals surface area contributed by atoms with Crippen molar-refractivity contribution in [1.82, 2.24) is 4.90 Å². The first-order valence-corrected chi connectivity index (χ1v) is 11.3. The van der Waals surface area contributed by atoms with Crippen molar-refractivity contribution in [2.24, 2.45) is 0 Å². The van der Waals surface area contributed by atoms with Gasteiger partial charge in [-0.3, -0.25) is 4.79 Å². The molecule has 3 aromatic rings. The van der Waals surface area contributed by atoms with Gasteiger partial charge in [0.25, 0.3) is 5.91 Å². The molecule has 0 radical (unpaired) electrons. The second kappa shape index (κ2) is 10.1. The molecule has 1 aliphatic rings. The van der Waals surface area contributed by atoms with Gasteiger partial charge in [0.2, 0.25) is 0 Å². The number of amides is 1. The number of aryl methyl sites for hydroxylation is 1. The van der Waals surface area contributed by atoms with Gasteiger partial charge in [-0.05, 0) is 72.9 Å². The van der Waals surface area contributed by atoms with Crippen molar-refractivity contribution in [2.45, 2.75) is 25.8 Å². The predicted octanol–water partition coefficient (Wildman–Crippen LogP) is 5.01. The van der Waals surface area contributed by atoms with Crippen LogP contribution in [0.15, 0.2) is 54.6 Å². The second-order valence-electron chi connectivity index (χ2n) is 8.43. The van der Waals surface area contributed by atoms with Crippen LogP contribution in [0.5, 0.6) is 23.0 Å². The number of methoxy groups -OCH3 is 4. The lowest BCUT2D eigenvalue weighted by molar-refractivity contribution is 0.0659. The summed E-state index contributed by atoms with van der Waals surface area (Å²) >= 11 is 0. The molecule has 1 heterocycles. The summed E-state index contributed by atoms with van der Waals surface area (Å²) in [5.41, 5.74) is 5.09. The summed E-state index contributed by atoms with van der Waals surface area (Å²) in [6.45, 7) is 2.64. The second-order valence-corrected chi connectivity index (χ2v) is 8.43. The van der Waals surface area contributed by atoms with E-state index < -0.39 is 0 Å². The molecule has 0 aliphatic carbocycles. The van der Waals surface area contributed by atoms with E-state index in [1.165, 1.54) is 0 Å². The minimum atomic E-state index is -0.171. The number of carbonyl (C=O) groups excluding carboxylic acids is 1. The molecule has 0 unspecified atom stereocenters. The molecule has 0 saturated heterocycles. The summed E-state index contributed by atoms with van der Waals surface area (Å²) in [7, 11) is 6.52. The molecule has 0 spiro atoms. The summed E-state index contributed by atoms with van der Waals surface area (Å²) in [5, 5.41) is 0. The van der Waals surface area contributed by atoms with Crippen LogP contribution in [0, 0.1) is 6.92 Å². The van der Waals surface area contributed by atoms with E-state index in [0.717, 1.165) is 28.7 Å². The maximum Gasteiger partial charge on any atom is 0.254 e. The average Bonchev–Trinajstić information content (AvgIpc) is 2.87. The molecule has 6 heteroatoms. The molecular weight excluding hydrogens is 430 g/mol. The van der Waals surface area contributed by atoms with Gasteiger partial charge >= 0.3 is 0 Å². The molecule has 0 N–H and O–H groups in total. The minimum absolute atomic E-state index is 0.0194. The highest BCUT2D eigenvalue weighted by Gasteiger charge is 2.33. The van der Waals surface area contributed by atoms with Gasteiger partial charge in [0.05, 0.1) is 34.5 Å². The van der Waals surface area contributed by atoms with Crippen molar-refractivity contribution in [3.8, 4) is 23.0 Å². The van der Waals surface area contributed by atoms with Gasteiger partial charge in [-0.15, -0.1) is 0 Å². The Bertz CT molecular complexity index is 1170. The topological polar surface area (TPSA) is 57.2 Å². The summed E-state index contributed by atoms with van der Waals surface area (Å²) in [6, 6.07) is 17.5. The lowest BCUT2D eigenvalue weighted by atomic mass is 9.87. The first-order chi connectivity index (χ1) is 16.5. The standard InChI is InChI=1S/C28H31NO5/c1-18-6-9-20(10-7-18)28(30)29-13-12-21-16-26(33-4)27(34-5)17-22(21)23(29)14-19-8-11-24(31-2)25(15-19)32-3/h6-11,15-17,23H,12-14H2,1-5H3/t23-/m0/s1. The van der Waals surface area contributed by atoms with Gasteiger partial charge < -0.3 is 23.8 Å². The Labute approximate surface area is 201 Å². The quantitative estimate of drug-likeness (QED) is 0.495. The Morgan fingerprint density at radius 2 is 1.44 bits per heavy atom. The maximum absolute atomic E-state index is 13.6. The Morgan fingerprint density at radius 1 is 0.824 bits per heavy atom. The third-order valence-corrected chi connectivity index (χ3v) is 6.44. The van der Waals surface area contributed by atoms with E-state index in [9.17, 15) is 4.79 Å². The van der Waals surface area contributed by atoms with Crippen molar-refractivity contribution >= 4 is 5.91 Å².